The second-order valence-electron chi connectivity index (χ2n) is 7.57. The Labute approximate surface area is 211 Å². The first kappa shape index (κ1) is 24.7. The minimum absolute atomic E-state index is 0.112. The van der Waals surface area contributed by atoms with Gasteiger partial charge in [0.1, 0.15) is 0 Å². The van der Waals surface area contributed by atoms with Gasteiger partial charge in [-0.3, -0.25) is 9.79 Å². The van der Waals surface area contributed by atoms with Crippen molar-refractivity contribution < 1.29 is 14.0 Å². The number of anilines is 2. The first-order valence-electron chi connectivity index (χ1n) is 10.8. The summed E-state index contributed by atoms with van der Waals surface area (Å²) in [5.41, 5.74) is 4.49. The standard InChI is InChI=1S/C24H26N4O3S3/c1-16(29)26-24-28-21(22(33-24)15-18-5-10-20(11-6-18)34-31-30-2)12-7-17-3-8-19(9-4-17)27-23-25-13-14-32-23/h3-6,8-11H,7,12-15H2,1-2H3,(H,25,27)(H,26,28,29). The Kier molecular flexibility index (Phi) is 9.00. The quantitative estimate of drug-likeness (QED) is 0.208. The van der Waals surface area contributed by atoms with Crippen molar-refractivity contribution in [3.05, 3.63) is 70.2 Å². The molecule has 4 rings (SSSR count). The zero-order valence-electron chi connectivity index (χ0n) is 19.0. The van der Waals surface area contributed by atoms with Crippen LogP contribution < -0.4 is 10.6 Å². The minimum Gasteiger partial charge on any atom is -0.335 e. The van der Waals surface area contributed by atoms with Crippen LogP contribution in [0.5, 0.6) is 0 Å². The van der Waals surface area contributed by atoms with Gasteiger partial charge in [0, 0.05) is 34.6 Å². The predicted octanol–water partition coefficient (Wildman–Crippen LogP) is 5.58. The van der Waals surface area contributed by atoms with E-state index in [4.69, 9.17) is 9.32 Å². The van der Waals surface area contributed by atoms with Crippen LogP contribution >= 0.6 is 35.1 Å². The fourth-order valence-corrected chi connectivity index (χ4v) is 5.62. The average Bonchev–Trinajstić information content (AvgIpc) is 3.47. The van der Waals surface area contributed by atoms with Gasteiger partial charge in [-0.05, 0) is 48.2 Å². The predicted molar refractivity (Wildman–Crippen MR) is 142 cm³/mol. The summed E-state index contributed by atoms with van der Waals surface area (Å²) in [5, 5.41) is 7.83. The number of nitrogens with one attached hydrogen (secondary N) is 2. The zero-order chi connectivity index (χ0) is 23.8. The number of aliphatic imine (C=N–C) groups is 1. The number of aryl methyl sites for hydroxylation is 2. The van der Waals surface area contributed by atoms with Crippen LogP contribution in [0.1, 0.15) is 28.6 Å². The molecule has 0 fully saturated rings. The Hall–Kier alpha value is -2.37. The van der Waals surface area contributed by atoms with E-state index in [0.717, 1.165) is 57.9 Å². The number of benzene rings is 2. The zero-order valence-corrected chi connectivity index (χ0v) is 21.4. The third-order valence-corrected chi connectivity index (χ3v) is 7.56. The topological polar surface area (TPSA) is 84.8 Å². The monoisotopic (exact) mass is 514 g/mol. The Bertz CT molecular complexity index is 1130. The summed E-state index contributed by atoms with van der Waals surface area (Å²) in [5.74, 6) is 0.932. The fourth-order valence-electron chi connectivity index (χ4n) is 3.39. The normalized spacial score (nSPS) is 13.1. The van der Waals surface area contributed by atoms with Gasteiger partial charge in [0.2, 0.25) is 5.91 Å². The number of rotatable bonds is 10. The molecule has 2 aromatic carbocycles. The number of hydrogen-bond acceptors (Lipinski definition) is 9. The molecule has 2 N–H and O–H groups in total. The molecular weight excluding hydrogens is 488 g/mol. The van der Waals surface area contributed by atoms with Crippen LogP contribution in [0.4, 0.5) is 10.8 Å². The van der Waals surface area contributed by atoms with Gasteiger partial charge in [-0.15, -0.1) is 11.3 Å². The van der Waals surface area contributed by atoms with E-state index in [1.807, 2.05) is 12.1 Å². The Morgan fingerprint density at radius 2 is 1.85 bits per heavy atom. The number of nitrogens with zero attached hydrogens (tertiary/aromatic N) is 2. The molecule has 2 heterocycles. The molecule has 0 radical (unpaired) electrons. The van der Waals surface area contributed by atoms with Crippen molar-refractivity contribution in [2.75, 3.05) is 30.0 Å². The largest absolute Gasteiger partial charge is 0.335 e. The van der Waals surface area contributed by atoms with E-state index in [1.165, 1.54) is 48.5 Å². The van der Waals surface area contributed by atoms with Crippen LogP contribution in [0.25, 0.3) is 0 Å². The molecule has 0 bridgehead atoms. The summed E-state index contributed by atoms with van der Waals surface area (Å²) in [4.78, 5) is 27.5. The lowest BCUT2D eigenvalue weighted by Gasteiger charge is -2.07. The highest BCUT2D eigenvalue weighted by molar-refractivity contribution is 8.14. The fraction of sp³-hybridized carbons (Fsp3) is 0.292. The molecule has 0 saturated carbocycles. The van der Waals surface area contributed by atoms with Crippen LogP contribution in [0.15, 0.2) is 58.4 Å². The van der Waals surface area contributed by atoms with Crippen molar-refractivity contribution in [2.24, 2.45) is 4.99 Å². The molecule has 1 amide bonds. The van der Waals surface area contributed by atoms with Gasteiger partial charge in [0.25, 0.3) is 0 Å². The highest BCUT2D eigenvalue weighted by atomic mass is 32.2. The van der Waals surface area contributed by atoms with E-state index < -0.39 is 0 Å². The lowest BCUT2D eigenvalue weighted by Crippen LogP contribution is -2.05. The SMILES string of the molecule is COOSc1ccc(Cc2sc(NC(C)=O)nc2CCc2ccc(NC3=NCCS3)cc2)cc1. The molecule has 0 atom stereocenters. The Morgan fingerprint density at radius 1 is 1.09 bits per heavy atom. The highest BCUT2D eigenvalue weighted by Crippen LogP contribution is 2.28. The maximum absolute atomic E-state index is 11.6. The molecule has 1 aliphatic heterocycles. The maximum Gasteiger partial charge on any atom is 0.223 e. The lowest BCUT2D eigenvalue weighted by atomic mass is 10.0. The summed E-state index contributed by atoms with van der Waals surface area (Å²) in [6.07, 6.45) is 2.43. The molecule has 3 aromatic rings. The summed E-state index contributed by atoms with van der Waals surface area (Å²) in [7, 11) is 1.48. The van der Waals surface area contributed by atoms with Gasteiger partial charge in [0.05, 0.1) is 31.4 Å². The highest BCUT2D eigenvalue weighted by Gasteiger charge is 2.14. The molecule has 1 aromatic heterocycles. The molecule has 0 unspecified atom stereocenters. The smallest absolute Gasteiger partial charge is 0.223 e. The van der Waals surface area contributed by atoms with Crippen LogP contribution in [-0.4, -0.2) is 35.5 Å². The van der Waals surface area contributed by atoms with Gasteiger partial charge in [-0.1, -0.05) is 36.0 Å². The number of thiazole rings is 1. The Balaban J connectivity index is 1.41. The van der Waals surface area contributed by atoms with Gasteiger partial charge in [0.15, 0.2) is 10.3 Å². The Morgan fingerprint density at radius 3 is 2.53 bits per heavy atom. The summed E-state index contributed by atoms with van der Waals surface area (Å²) < 4.78 is 4.91. The van der Waals surface area contributed by atoms with Crippen molar-refractivity contribution in [3.63, 3.8) is 0 Å². The van der Waals surface area contributed by atoms with E-state index in [9.17, 15) is 4.79 Å². The summed E-state index contributed by atoms with van der Waals surface area (Å²) in [6.45, 7) is 2.39. The van der Waals surface area contributed by atoms with Crippen molar-refractivity contribution in [1.29, 1.82) is 0 Å². The average molecular weight is 515 g/mol. The number of aromatic nitrogens is 1. The van der Waals surface area contributed by atoms with Crippen LogP contribution in [0, 0.1) is 0 Å². The molecule has 10 heteroatoms. The van der Waals surface area contributed by atoms with Gasteiger partial charge in [-0.25, -0.2) is 9.87 Å². The number of thioether (sulfide) groups is 1. The number of hydrogen-bond donors (Lipinski definition) is 2. The van der Waals surface area contributed by atoms with Gasteiger partial charge < -0.3 is 10.6 Å². The van der Waals surface area contributed by atoms with Crippen molar-refractivity contribution in [3.8, 4) is 0 Å². The molecule has 0 aliphatic carbocycles. The lowest BCUT2D eigenvalue weighted by molar-refractivity contribution is -0.160. The second kappa shape index (κ2) is 12.4. The first-order chi connectivity index (χ1) is 16.6. The van der Waals surface area contributed by atoms with Crippen LogP contribution in [0.3, 0.4) is 0 Å². The number of carbonyl (C=O) groups is 1. The van der Waals surface area contributed by atoms with Crippen molar-refractivity contribution >= 4 is 57.0 Å². The molecule has 34 heavy (non-hydrogen) atoms. The molecular formula is C24H26N4O3S3. The van der Waals surface area contributed by atoms with Crippen LogP contribution in [-0.2, 0) is 33.3 Å². The number of carbonyl (C=O) groups excluding carboxylic acids is 1. The van der Waals surface area contributed by atoms with E-state index >= 15 is 0 Å². The minimum atomic E-state index is -0.112. The number of amidine groups is 1. The molecule has 1 aliphatic rings. The molecule has 0 spiro atoms. The third-order valence-electron chi connectivity index (χ3n) is 4.99. The van der Waals surface area contributed by atoms with Gasteiger partial charge >= 0.3 is 0 Å². The molecule has 7 nitrogen and oxygen atoms in total. The van der Waals surface area contributed by atoms with E-state index in [1.54, 1.807) is 11.8 Å². The summed E-state index contributed by atoms with van der Waals surface area (Å²) in [6, 6.07) is 16.6. The van der Waals surface area contributed by atoms with Crippen LogP contribution in [0.2, 0.25) is 0 Å². The van der Waals surface area contributed by atoms with E-state index in [2.05, 4.69) is 56.9 Å². The molecule has 178 valence electrons. The second-order valence-corrected chi connectivity index (χ2v) is 10.5. The molecule has 0 saturated heterocycles. The van der Waals surface area contributed by atoms with E-state index in [-0.39, 0.29) is 5.91 Å². The van der Waals surface area contributed by atoms with E-state index in [0.29, 0.717) is 5.13 Å². The maximum atomic E-state index is 11.6. The third kappa shape index (κ3) is 7.31. The van der Waals surface area contributed by atoms with Crippen molar-refractivity contribution in [1.82, 2.24) is 4.98 Å². The first-order valence-corrected chi connectivity index (χ1v) is 13.4. The van der Waals surface area contributed by atoms with Crippen molar-refractivity contribution in [2.45, 2.75) is 31.1 Å². The van der Waals surface area contributed by atoms with Gasteiger partial charge in [-0.2, -0.15) is 4.33 Å². The number of amides is 1. The summed E-state index contributed by atoms with van der Waals surface area (Å²) >= 11 is 4.46.